The van der Waals surface area contributed by atoms with E-state index in [0.717, 1.165) is 11.3 Å². The van der Waals surface area contributed by atoms with Crippen molar-refractivity contribution in [1.82, 2.24) is 20.4 Å². The van der Waals surface area contributed by atoms with E-state index in [4.69, 9.17) is 23.2 Å². The zero-order chi connectivity index (χ0) is 21.8. The number of amides is 2. The number of carbonyl (C=O) groups excluding carboxylic acids is 2. The van der Waals surface area contributed by atoms with E-state index in [0.29, 0.717) is 47.5 Å². The quantitative estimate of drug-likeness (QED) is 0.614. The summed E-state index contributed by atoms with van der Waals surface area (Å²) in [6.07, 6.45) is 1.45. The molecular weight excluding hydrogens is 437 g/mol. The lowest BCUT2D eigenvalue weighted by atomic mass is 10.1. The van der Waals surface area contributed by atoms with Crippen molar-refractivity contribution in [3.05, 3.63) is 70.3 Å². The summed E-state index contributed by atoms with van der Waals surface area (Å²) in [6, 6.07) is 14.8. The smallest absolute Gasteiger partial charge is 0.255 e. The second kappa shape index (κ2) is 9.41. The molecule has 0 bridgehead atoms. The van der Waals surface area contributed by atoms with E-state index in [9.17, 15) is 9.59 Å². The van der Waals surface area contributed by atoms with E-state index in [1.807, 2.05) is 24.3 Å². The molecule has 3 aromatic rings. The normalized spacial score (nSPS) is 13.9. The third-order valence-corrected chi connectivity index (χ3v) is 5.71. The van der Waals surface area contributed by atoms with Crippen LogP contribution < -0.4 is 10.2 Å². The number of hydrogen-bond donors (Lipinski definition) is 2. The number of aromatic amines is 1. The molecule has 1 fully saturated rings. The first-order valence-corrected chi connectivity index (χ1v) is 10.6. The Labute approximate surface area is 189 Å². The van der Waals surface area contributed by atoms with Gasteiger partial charge in [-0.05, 0) is 30.3 Å². The lowest BCUT2D eigenvalue weighted by molar-refractivity contribution is -0.130. The fourth-order valence-corrected chi connectivity index (χ4v) is 3.86. The Bertz CT molecular complexity index is 1080. The molecule has 9 heteroatoms. The van der Waals surface area contributed by atoms with Crippen molar-refractivity contribution in [2.75, 3.05) is 37.6 Å². The highest BCUT2D eigenvalue weighted by Gasteiger charge is 2.23. The highest BCUT2D eigenvalue weighted by Crippen LogP contribution is 2.23. The minimum atomic E-state index is -0.357. The van der Waals surface area contributed by atoms with Crippen LogP contribution >= 0.6 is 23.2 Å². The van der Waals surface area contributed by atoms with Gasteiger partial charge < -0.3 is 15.1 Å². The van der Waals surface area contributed by atoms with Gasteiger partial charge in [0.2, 0.25) is 5.91 Å². The molecule has 1 aromatic heterocycles. The number of aromatic nitrogens is 2. The van der Waals surface area contributed by atoms with Crippen molar-refractivity contribution in [2.24, 2.45) is 0 Å². The molecule has 1 saturated heterocycles. The van der Waals surface area contributed by atoms with Crippen molar-refractivity contribution >= 4 is 40.7 Å². The summed E-state index contributed by atoms with van der Waals surface area (Å²) in [5.41, 5.74) is 2.79. The number of H-pyrrole nitrogens is 1. The van der Waals surface area contributed by atoms with E-state index in [1.54, 1.807) is 29.2 Å². The van der Waals surface area contributed by atoms with Gasteiger partial charge in [0.25, 0.3) is 5.91 Å². The highest BCUT2D eigenvalue weighted by molar-refractivity contribution is 6.31. The molecule has 4 rings (SSSR count). The Kier molecular flexibility index (Phi) is 6.44. The minimum Gasteiger partial charge on any atom is -0.368 e. The maximum atomic E-state index is 12.6. The molecule has 31 heavy (non-hydrogen) atoms. The van der Waals surface area contributed by atoms with Crippen LogP contribution in [0.25, 0.3) is 11.3 Å². The molecular formula is C22H21Cl2N5O2. The van der Waals surface area contributed by atoms with Crippen LogP contribution in [0.2, 0.25) is 10.0 Å². The molecule has 160 valence electrons. The summed E-state index contributed by atoms with van der Waals surface area (Å²) >= 11 is 12.0. The van der Waals surface area contributed by atoms with Crippen LogP contribution in [0.15, 0.2) is 54.7 Å². The molecule has 0 saturated carbocycles. The molecule has 1 aliphatic rings. The lowest BCUT2D eigenvalue weighted by Gasteiger charge is -2.36. The van der Waals surface area contributed by atoms with Gasteiger partial charge in [-0.15, -0.1) is 0 Å². The first-order valence-electron chi connectivity index (χ1n) is 9.87. The van der Waals surface area contributed by atoms with Gasteiger partial charge in [-0.3, -0.25) is 14.7 Å². The van der Waals surface area contributed by atoms with Crippen molar-refractivity contribution in [3.8, 4) is 11.3 Å². The zero-order valence-corrected chi connectivity index (χ0v) is 18.2. The van der Waals surface area contributed by atoms with Crippen molar-refractivity contribution < 1.29 is 9.59 Å². The van der Waals surface area contributed by atoms with Crippen LogP contribution in [0.3, 0.4) is 0 Å². The fraction of sp³-hybridized carbons (Fsp3) is 0.227. The number of anilines is 1. The summed E-state index contributed by atoms with van der Waals surface area (Å²) in [4.78, 5) is 29.2. The average Bonchev–Trinajstić information content (AvgIpc) is 3.28. The van der Waals surface area contributed by atoms with Crippen LogP contribution in [-0.4, -0.2) is 59.6 Å². The number of halogens is 2. The molecule has 0 unspecified atom stereocenters. The Morgan fingerprint density at radius 1 is 1.00 bits per heavy atom. The number of rotatable bonds is 5. The molecule has 7 nitrogen and oxygen atoms in total. The number of benzene rings is 2. The van der Waals surface area contributed by atoms with E-state index in [1.165, 1.54) is 6.20 Å². The molecule has 2 aromatic carbocycles. The van der Waals surface area contributed by atoms with Crippen LogP contribution in [0, 0.1) is 0 Å². The van der Waals surface area contributed by atoms with Gasteiger partial charge in [0, 0.05) is 47.5 Å². The highest BCUT2D eigenvalue weighted by atomic mass is 35.5. The summed E-state index contributed by atoms with van der Waals surface area (Å²) in [5.74, 6) is -0.472. The Balaban J connectivity index is 1.31. The van der Waals surface area contributed by atoms with Crippen LogP contribution in [0.4, 0.5) is 5.69 Å². The molecule has 2 amide bonds. The van der Waals surface area contributed by atoms with E-state index in [2.05, 4.69) is 20.4 Å². The number of nitrogens with one attached hydrogen (secondary N) is 2. The molecule has 2 N–H and O–H groups in total. The predicted octanol–water partition coefficient (Wildman–Crippen LogP) is 3.46. The predicted molar refractivity (Wildman–Crippen MR) is 122 cm³/mol. The summed E-state index contributed by atoms with van der Waals surface area (Å²) in [5, 5.41) is 10.8. The minimum absolute atomic E-state index is 0.0682. The zero-order valence-electron chi connectivity index (χ0n) is 16.6. The summed E-state index contributed by atoms with van der Waals surface area (Å²) in [6.45, 7) is 2.53. The van der Waals surface area contributed by atoms with Crippen molar-refractivity contribution in [2.45, 2.75) is 0 Å². The topological polar surface area (TPSA) is 81.3 Å². The number of hydrogen-bond acceptors (Lipinski definition) is 4. The maximum Gasteiger partial charge on any atom is 0.255 e. The van der Waals surface area contributed by atoms with Gasteiger partial charge in [0.15, 0.2) is 0 Å². The summed E-state index contributed by atoms with van der Waals surface area (Å²) < 4.78 is 0. The average molecular weight is 458 g/mol. The van der Waals surface area contributed by atoms with Crippen LogP contribution in [0.1, 0.15) is 10.4 Å². The van der Waals surface area contributed by atoms with Crippen LogP contribution in [-0.2, 0) is 4.79 Å². The number of nitrogens with zero attached hydrogens (tertiary/aromatic N) is 3. The van der Waals surface area contributed by atoms with Gasteiger partial charge in [-0.25, -0.2) is 0 Å². The molecule has 0 radical (unpaired) electrons. The van der Waals surface area contributed by atoms with Gasteiger partial charge >= 0.3 is 0 Å². The van der Waals surface area contributed by atoms with Gasteiger partial charge in [0.05, 0.1) is 24.0 Å². The van der Waals surface area contributed by atoms with Crippen molar-refractivity contribution in [1.29, 1.82) is 0 Å². The molecule has 1 aliphatic heterocycles. The van der Waals surface area contributed by atoms with E-state index >= 15 is 0 Å². The molecule has 2 heterocycles. The maximum absolute atomic E-state index is 12.6. The van der Waals surface area contributed by atoms with Crippen molar-refractivity contribution in [3.63, 3.8) is 0 Å². The van der Waals surface area contributed by atoms with Gasteiger partial charge in [-0.2, -0.15) is 5.10 Å². The van der Waals surface area contributed by atoms with E-state index in [-0.39, 0.29) is 18.4 Å². The SMILES string of the molecule is O=C(NCC(=O)N1CCN(c2cccc(Cl)c2)CC1)c1cn[nH]c1-c1ccc(Cl)cc1. The molecule has 0 spiro atoms. The lowest BCUT2D eigenvalue weighted by Crippen LogP contribution is -2.51. The first-order chi connectivity index (χ1) is 15.0. The third kappa shape index (κ3) is 5.00. The molecule has 0 atom stereocenters. The van der Waals surface area contributed by atoms with E-state index < -0.39 is 0 Å². The Morgan fingerprint density at radius 2 is 1.74 bits per heavy atom. The first kappa shape index (κ1) is 21.2. The van der Waals surface area contributed by atoms with Gasteiger partial charge in [0.1, 0.15) is 0 Å². The standard InChI is InChI=1S/C22H21Cl2N5O2/c23-16-6-4-15(5-7-16)21-19(13-26-27-21)22(31)25-14-20(30)29-10-8-28(9-11-29)18-3-1-2-17(24)12-18/h1-7,12-13H,8-11,14H2,(H,25,31)(H,26,27). The Hall–Kier alpha value is -3.03. The molecule has 0 aliphatic carbocycles. The number of piperazine rings is 1. The number of carbonyl (C=O) groups is 2. The second-order valence-electron chi connectivity index (χ2n) is 7.20. The fourth-order valence-electron chi connectivity index (χ4n) is 3.54. The largest absolute Gasteiger partial charge is 0.368 e. The monoisotopic (exact) mass is 457 g/mol. The summed E-state index contributed by atoms with van der Waals surface area (Å²) in [7, 11) is 0. The second-order valence-corrected chi connectivity index (χ2v) is 8.07. The Morgan fingerprint density at radius 3 is 2.45 bits per heavy atom. The van der Waals surface area contributed by atoms with Crippen LogP contribution in [0.5, 0.6) is 0 Å². The van der Waals surface area contributed by atoms with Gasteiger partial charge in [-0.1, -0.05) is 41.4 Å². The third-order valence-electron chi connectivity index (χ3n) is 5.22.